The first-order valence-corrected chi connectivity index (χ1v) is 5.42. The summed E-state index contributed by atoms with van der Waals surface area (Å²) in [6.45, 7) is 1.60. The Bertz CT molecular complexity index is 543. The Morgan fingerprint density at radius 1 is 1.33 bits per heavy atom. The summed E-state index contributed by atoms with van der Waals surface area (Å²) in [7, 11) is 2.62. The van der Waals surface area contributed by atoms with E-state index in [9.17, 15) is 14.4 Å². The minimum atomic E-state index is -0.773. The number of aromatic amines is 1. The van der Waals surface area contributed by atoms with Gasteiger partial charge in [-0.2, -0.15) is 0 Å². The maximum Gasteiger partial charge on any atom is 0.354 e. The van der Waals surface area contributed by atoms with E-state index in [0.29, 0.717) is 5.56 Å². The monoisotopic (exact) mass is 251 g/mol. The third-order valence-corrected chi connectivity index (χ3v) is 3.11. The highest BCUT2D eigenvalue weighted by Gasteiger charge is 2.37. The Balaban J connectivity index is 2.58. The van der Waals surface area contributed by atoms with Crippen molar-refractivity contribution in [2.75, 3.05) is 14.2 Å². The lowest BCUT2D eigenvalue weighted by Gasteiger charge is -2.18. The van der Waals surface area contributed by atoms with Crippen LogP contribution in [-0.2, 0) is 9.47 Å². The van der Waals surface area contributed by atoms with Gasteiger partial charge in [0.25, 0.3) is 0 Å². The summed E-state index contributed by atoms with van der Waals surface area (Å²) in [4.78, 5) is 38.1. The summed E-state index contributed by atoms with van der Waals surface area (Å²) in [6, 6.07) is 0. The normalized spacial score (nSPS) is 18.7. The van der Waals surface area contributed by atoms with Crippen molar-refractivity contribution in [2.45, 2.75) is 19.4 Å². The second kappa shape index (κ2) is 4.38. The van der Waals surface area contributed by atoms with Crippen LogP contribution in [0.25, 0.3) is 0 Å². The second-order valence-electron chi connectivity index (χ2n) is 4.08. The van der Waals surface area contributed by atoms with Gasteiger partial charge in [0.1, 0.15) is 11.8 Å². The fourth-order valence-electron chi connectivity index (χ4n) is 2.13. The third-order valence-electron chi connectivity index (χ3n) is 3.11. The van der Waals surface area contributed by atoms with E-state index >= 15 is 0 Å². The van der Waals surface area contributed by atoms with E-state index in [1.807, 2.05) is 0 Å². The van der Waals surface area contributed by atoms with E-state index in [0.717, 1.165) is 0 Å². The molecular weight excluding hydrogens is 238 g/mol. The Kier molecular flexibility index (Phi) is 3.04. The van der Waals surface area contributed by atoms with Gasteiger partial charge in [-0.15, -0.1) is 0 Å². The van der Waals surface area contributed by atoms with Crippen LogP contribution < -0.4 is 0 Å². The minimum absolute atomic E-state index is 0.0110. The van der Waals surface area contributed by atoms with E-state index in [2.05, 4.69) is 9.72 Å². The first-order valence-electron chi connectivity index (χ1n) is 5.42. The van der Waals surface area contributed by atoms with Gasteiger partial charge in [-0.25, -0.2) is 4.79 Å². The third kappa shape index (κ3) is 1.65. The highest BCUT2D eigenvalue weighted by Crippen LogP contribution is 2.28. The summed E-state index contributed by atoms with van der Waals surface area (Å²) in [6.07, 6.45) is -0.784. The van der Waals surface area contributed by atoms with Gasteiger partial charge in [-0.05, 0) is 12.5 Å². The van der Waals surface area contributed by atoms with Gasteiger partial charge < -0.3 is 14.5 Å². The van der Waals surface area contributed by atoms with Gasteiger partial charge in [0, 0.05) is 13.5 Å². The molecule has 0 aromatic carbocycles. The molecule has 1 aromatic heterocycles. The highest BCUT2D eigenvalue weighted by molar-refractivity contribution is 6.17. The average molecular weight is 251 g/mol. The predicted molar refractivity (Wildman–Crippen MR) is 60.9 cm³/mol. The Morgan fingerprint density at radius 3 is 2.56 bits per heavy atom. The van der Waals surface area contributed by atoms with Crippen LogP contribution in [0, 0.1) is 6.92 Å². The maximum absolute atomic E-state index is 12.1. The summed E-state index contributed by atoms with van der Waals surface area (Å²) in [5.74, 6) is -1.12. The van der Waals surface area contributed by atoms with E-state index < -0.39 is 12.1 Å². The van der Waals surface area contributed by atoms with Crippen molar-refractivity contribution in [3.8, 4) is 0 Å². The van der Waals surface area contributed by atoms with Crippen LogP contribution >= 0.6 is 0 Å². The van der Waals surface area contributed by atoms with Crippen molar-refractivity contribution in [3.05, 3.63) is 22.5 Å². The van der Waals surface area contributed by atoms with Crippen molar-refractivity contribution < 1.29 is 23.9 Å². The van der Waals surface area contributed by atoms with Crippen molar-refractivity contribution in [2.24, 2.45) is 0 Å². The van der Waals surface area contributed by atoms with Gasteiger partial charge in [-0.3, -0.25) is 9.59 Å². The van der Waals surface area contributed by atoms with Crippen molar-refractivity contribution in [1.29, 1.82) is 0 Å². The van der Waals surface area contributed by atoms with Gasteiger partial charge in [-0.1, -0.05) is 0 Å². The van der Waals surface area contributed by atoms with Crippen LogP contribution in [0.15, 0.2) is 0 Å². The fraction of sp³-hybridized carbons (Fsp3) is 0.417. The van der Waals surface area contributed by atoms with Crippen LogP contribution in [0.2, 0.25) is 0 Å². The number of nitrogens with one attached hydrogen (secondary N) is 1. The number of ketones is 2. The zero-order chi connectivity index (χ0) is 13.4. The molecule has 6 heteroatoms. The molecule has 96 valence electrons. The molecule has 0 saturated heterocycles. The molecule has 0 radical (unpaired) electrons. The fourth-order valence-corrected chi connectivity index (χ4v) is 2.13. The van der Waals surface area contributed by atoms with Gasteiger partial charge in [0.15, 0.2) is 11.6 Å². The van der Waals surface area contributed by atoms with Crippen LogP contribution in [0.4, 0.5) is 0 Å². The van der Waals surface area contributed by atoms with Crippen molar-refractivity contribution in [1.82, 2.24) is 4.98 Å². The quantitative estimate of drug-likeness (QED) is 0.789. The number of H-pyrrole nitrogens is 1. The molecule has 0 spiro atoms. The number of carbonyl (C=O) groups excluding carboxylic acids is 3. The highest BCUT2D eigenvalue weighted by atomic mass is 16.5. The molecule has 1 heterocycles. The van der Waals surface area contributed by atoms with Crippen LogP contribution in [0.1, 0.15) is 43.3 Å². The van der Waals surface area contributed by atoms with E-state index in [-0.39, 0.29) is 34.9 Å². The molecule has 1 aliphatic rings. The largest absolute Gasteiger partial charge is 0.464 e. The van der Waals surface area contributed by atoms with Crippen LogP contribution in [0.3, 0.4) is 0 Å². The number of hydrogen-bond acceptors (Lipinski definition) is 5. The Morgan fingerprint density at radius 2 is 2.00 bits per heavy atom. The average Bonchev–Trinajstić information content (AvgIpc) is 2.71. The number of methoxy groups -OCH3 is 2. The zero-order valence-corrected chi connectivity index (χ0v) is 10.3. The molecular formula is C12H13NO5. The first kappa shape index (κ1) is 12.5. The Hall–Kier alpha value is -1.95. The Labute approximate surface area is 103 Å². The number of carbonyl (C=O) groups is 3. The van der Waals surface area contributed by atoms with Crippen molar-refractivity contribution in [3.63, 3.8) is 0 Å². The lowest BCUT2D eigenvalue weighted by Crippen LogP contribution is -2.32. The molecule has 18 heavy (non-hydrogen) atoms. The number of rotatable bonds is 2. The minimum Gasteiger partial charge on any atom is -0.464 e. The number of hydrogen-bond donors (Lipinski definition) is 1. The standard InChI is InChI=1S/C12H13NO5/c1-5-8-10(13-9(5)12(16)18-3)6(14)4-7(17-2)11(8)15/h7,13H,4H2,1-3H3. The maximum atomic E-state index is 12.1. The van der Waals surface area contributed by atoms with Crippen molar-refractivity contribution >= 4 is 17.5 Å². The number of fused-ring (bicyclic) bond motifs is 1. The molecule has 0 amide bonds. The predicted octanol–water partition coefficient (Wildman–Crippen LogP) is 0.894. The summed E-state index contributed by atoms with van der Waals surface area (Å²) in [5.41, 5.74) is 0.975. The molecule has 1 unspecified atom stereocenters. The number of Topliss-reactive ketones (excluding diaryl/α,β-unsaturated/α-hetero) is 2. The molecule has 1 N–H and O–H groups in total. The molecule has 0 fully saturated rings. The van der Waals surface area contributed by atoms with Crippen LogP contribution in [-0.4, -0.2) is 42.8 Å². The molecule has 1 aromatic rings. The number of esters is 1. The number of ether oxygens (including phenoxy) is 2. The van der Waals surface area contributed by atoms with E-state index in [4.69, 9.17) is 4.74 Å². The summed E-state index contributed by atoms with van der Waals surface area (Å²) in [5, 5.41) is 0. The van der Waals surface area contributed by atoms with Gasteiger partial charge >= 0.3 is 5.97 Å². The van der Waals surface area contributed by atoms with Gasteiger partial charge in [0.2, 0.25) is 0 Å². The molecule has 6 nitrogen and oxygen atoms in total. The molecule has 0 bridgehead atoms. The number of aromatic nitrogens is 1. The van der Waals surface area contributed by atoms with E-state index in [1.165, 1.54) is 14.2 Å². The summed E-state index contributed by atoms with van der Waals surface area (Å²) >= 11 is 0. The topological polar surface area (TPSA) is 85.5 Å². The van der Waals surface area contributed by atoms with E-state index in [1.54, 1.807) is 6.92 Å². The molecule has 1 aliphatic carbocycles. The lowest BCUT2D eigenvalue weighted by molar-refractivity contribution is 0.0517. The first-order chi connectivity index (χ1) is 8.51. The summed E-state index contributed by atoms with van der Waals surface area (Å²) < 4.78 is 9.58. The molecule has 0 saturated carbocycles. The molecule has 0 aliphatic heterocycles. The van der Waals surface area contributed by atoms with Crippen LogP contribution in [0.5, 0.6) is 0 Å². The SMILES string of the molecule is COC(=O)c1[nH]c2c(c1C)C(=O)C(OC)CC2=O. The molecule has 2 rings (SSSR count). The lowest BCUT2D eigenvalue weighted by atomic mass is 9.90. The van der Waals surface area contributed by atoms with Gasteiger partial charge in [0.05, 0.1) is 18.4 Å². The molecule has 1 atom stereocenters. The smallest absolute Gasteiger partial charge is 0.354 e. The zero-order valence-electron chi connectivity index (χ0n) is 10.3. The second-order valence-corrected chi connectivity index (χ2v) is 4.08.